The first-order chi connectivity index (χ1) is 10.6. The number of carbonyl (C=O) groups excluding carboxylic acids is 1. The molecule has 2 unspecified atom stereocenters. The highest BCUT2D eigenvalue weighted by Crippen LogP contribution is 2.21. The fourth-order valence-corrected chi connectivity index (χ4v) is 2.93. The van der Waals surface area contributed by atoms with Gasteiger partial charge in [-0.15, -0.1) is 0 Å². The Morgan fingerprint density at radius 1 is 1.09 bits per heavy atom. The maximum Gasteiger partial charge on any atom is 0.232 e. The Balaban J connectivity index is 2.09. The van der Waals surface area contributed by atoms with E-state index in [4.69, 9.17) is 0 Å². The molecule has 0 aromatic heterocycles. The molecular weight excluding hydrogens is 294 g/mol. The summed E-state index contributed by atoms with van der Waals surface area (Å²) in [7, 11) is -1.52. The Kier molecular flexibility index (Phi) is 5.90. The summed E-state index contributed by atoms with van der Waals surface area (Å²) in [6.45, 7) is 4.05. The van der Waals surface area contributed by atoms with Gasteiger partial charge in [0.1, 0.15) is 0 Å². The lowest BCUT2D eigenvalue weighted by Gasteiger charge is -2.09. The number of nitrogens with one attached hydrogen (secondary N) is 1. The molecule has 0 fully saturated rings. The molecule has 2 atom stereocenters. The SMILES string of the molecule is CCC(C)CC(=O)NS(=O)c1cccc(-c2ccccc2)c1. The Morgan fingerprint density at radius 3 is 2.45 bits per heavy atom. The van der Waals surface area contributed by atoms with Gasteiger partial charge in [-0.25, -0.2) is 4.21 Å². The molecular formula is C18H21NO2S. The molecule has 0 bridgehead atoms. The topological polar surface area (TPSA) is 46.2 Å². The van der Waals surface area contributed by atoms with Gasteiger partial charge in [-0.2, -0.15) is 0 Å². The number of rotatable bonds is 6. The van der Waals surface area contributed by atoms with Crippen LogP contribution in [0.4, 0.5) is 0 Å². The summed E-state index contributed by atoms with van der Waals surface area (Å²) in [5.41, 5.74) is 2.05. The van der Waals surface area contributed by atoms with Gasteiger partial charge in [-0.3, -0.25) is 9.52 Å². The van der Waals surface area contributed by atoms with Crippen LogP contribution < -0.4 is 4.72 Å². The molecule has 1 N–H and O–H groups in total. The van der Waals surface area contributed by atoms with Crippen molar-refractivity contribution in [1.82, 2.24) is 4.72 Å². The molecule has 2 aromatic carbocycles. The van der Waals surface area contributed by atoms with Crippen molar-refractivity contribution in [3.8, 4) is 11.1 Å². The third-order valence-electron chi connectivity index (χ3n) is 3.59. The van der Waals surface area contributed by atoms with Gasteiger partial charge in [0.25, 0.3) is 0 Å². The summed E-state index contributed by atoms with van der Waals surface area (Å²) in [5, 5.41) is 0. The summed E-state index contributed by atoms with van der Waals surface area (Å²) in [6.07, 6.45) is 1.34. The van der Waals surface area contributed by atoms with Gasteiger partial charge in [0, 0.05) is 6.42 Å². The van der Waals surface area contributed by atoms with E-state index in [1.807, 2.05) is 62.4 Å². The lowest BCUT2D eigenvalue weighted by atomic mass is 10.1. The minimum atomic E-state index is -1.52. The van der Waals surface area contributed by atoms with Crippen LogP contribution in [0.25, 0.3) is 11.1 Å². The van der Waals surface area contributed by atoms with Gasteiger partial charge < -0.3 is 0 Å². The van der Waals surface area contributed by atoms with Crippen LogP contribution in [0.15, 0.2) is 59.5 Å². The molecule has 0 radical (unpaired) electrons. The van der Waals surface area contributed by atoms with Crippen molar-refractivity contribution >= 4 is 16.9 Å². The molecule has 0 saturated heterocycles. The minimum absolute atomic E-state index is 0.169. The maximum absolute atomic E-state index is 12.3. The lowest BCUT2D eigenvalue weighted by molar-refractivity contribution is -0.120. The van der Waals surface area contributed by atoms with Crippen molar-refractivity contribution in [2.24, 2.45) is 5.92 Å². The van der Waals surface area contributed by atoms with E-state index >= 15 is 0 Å². The summed E-state index contributed by atoms with van der Waals surface area (Å²) < 4.78 is 14.9. The maximum atomic E-state index is 12.3. The molecule has 3 nitrogen and oxygen atoms in total. The van der Waals surface area contributed by atoms with Crippen molar-refractivity contribution < 1.29 is 9.00 Å². The van der Waals surface area contributed by atoms with E-state index in [1.54, 1.807) is 6.07 Å². The molecule has 0 spiro atoms. The second-order valence-corrected chi connectivity index (χ2v) is 6.62. The van der Waals surface area contributed by atoms with Crippen LogP contribution in [0.3, 0.4) is 0 Å². The Labute approximate surface area is 134 Å². The van der Waals surface area contributed by atoms with Gasteiger partial charge in [-0.1, -0.05) is 62.7 Å². The first-order valence-electron chi connectivity index (χ1n) is 7.47. The number of hydrogen-bond donors (Lipinski definition) is 1. The lowest BCUT2D eigenvalue weighted by Crippen LogP contribution is -2.27. The second-order valence-electron chi connectivity index (χ2n) is 5.41. The van der Waals surface area contributed by atoms with E-state index in [0.717, 1.165) is 17.5 Å². The Bertz CT molecular complexity index is 655. The smallest absolute Gasteiger partial charge is 0.232 e. The zero-order chi connectivity index (χ0) is 15.9. The van der Waals surface area contributed by atoms with Crippen LogP contribution in [0.5, 0.6) is 0 Å². The number of carbonyl (C=O) groups is 1. The summed E-state index contributed by atoms with van der Waals surface area (Å²) in [5.74, 6) is 0.130. The third-order valence-corrected chi connectivity index (χ3v) is 4.69. The normalized spacial score (nSPS) is 13.4. The predicted molar refractivity (Wildman–Crippen MR) is 90.5 cm³/mol. The molecule has 0 aliphatic heterocycles. The average Bonchev–Trinajstić information content (AvgIpc) is 2.55. The van der Waals surface area contributed by atoms with Crippen LogP contribution in [0, 0.1) is 5.92 Å². The van der Waals surface area contributed by atoms with E-state index in [-0.39, 0.29) is 5.91 Å². The highest BCUT2D eigenvalue weighted by atomic mass is 32.2. The Morgan fingerprint density at radius 2 is 1.77 bits per heavy atom. The molecule has 116 valence electrons. The first-order valence-corrected chi connectivity index (χ1v) is 8.62. The highest BCUT2D eigenvalue weighted by Gasteiger charge is 2.12. The van der Waals surface area contributed by atoms with Gasteiger partial charge in [0.2, 0.25) is 5.91 Å². The Hall–Kier alpha value is -1.94. The fourth-order valence-electron chi connectivity index (χ4n) is 2.09. The van der Waals surface area contributed by atoms with Crippen molar-refractivity contribution in [2.75, 3.05) is 0 Å². The van der Waals surface area contributed by atoms with E-state index in [0.29, 0.717) is 17.2 Å². The van der Waals surface area contributed by atoms with Crippen molar-refractivity contribution in [2.45, 2.75) is 31.6 Å². The molecule has 2 aromatic rings. The number of hydrogen-bond acceptors (Lipinski definition) is 2. The standard InChI is InChI=1S/C18H21NO2S/c1-3-14(2)12-18(20)19-22(21)17-11-7-10-16(13-17)15-8-5-4-6-9-15/h4-11,13-14H,3,12H2,1-2H3,(H,19,20). The van der Waals surface area contributed by atoms with Gasteiger partial charge in [0.05, 0.1) is 4.90 Å². The number of amides is 1. The quantitative estimate of drug-likeness (QED) is 0.878. The summed E-state index contributed by atoms with van der Waals surface area (Å²) in [4.78, 5) is 12.5. The van der Waals surface area contributed by atoms with E-state index in [1.165, 1.54) is 0 Å². The molecule has 22 heavy (non-hydrogen) atoms. The van der Waals surface area contributed by atoms with Gasteiger partial charge in [-0.05, 0) is 29.2 Å². The second kappa shape index (κ2) is 7.90. The zero-order valence-electron chi connectivity index (χ0n) is 12.9. The highest BCUT2D eigenvalue weighted by molar-refractivity contribution is 7.83. The molecule has 1 amide bonds. The molecule has 0 aliphatic carbocycles. The van der Waals surface area contributed by atoms with Gasteiger partial charge in [0.15, 0.2) is 11.0 Å². The van der Waals surface area contributed by atoms with E-state index in [9.17, 15) is 9.00 Å². The van der Waals surface area contributed by atoms with Crippen molar-refractivity contribution in [3.63, 3.8) is 0 Å². The van der Waals surface area contributed by atoms with Crippen molar-refractivity contribution in [3.05, 3.63) is 54.6 Å². The van der Waals surface area contributed by atoms with Gasteiger partial charge >= 0.3 is 0 Å². The largest absolute Gasteiger partial charge is 0.274 e. The predicted octanol–water partition coefficient (Wildman–Crippen LogP) is 3.93. The first kappa shape index (κ1) is 16.4. The van der Waals surface area contributed by atoms with Crippen LogP contribution in [0.1, 0.15) is 26.7 Å². The monoisotopic (exact) mass is 315 g/mol. The van der Waals surface area contributed by atoms with Crippen LogP contribution in [-0.2, 0) is 15.8 Å². The molecule has 4 heteroatoms. The number of benzene rings is 2. The molecule has 0 saturated carbocycles. The van der Waals surface area contributed by atoms with Crippen LogP contribution in [0.2, 0.25) is 0 Å². The molecule has 2 rings (SSSR count). The van der Waals surface area contributed by atoms with Crippen LogP contribution in [-0.4, -0.2) is 10.1 Å². The fraction of sp³-hybridized carbons (Fsp3) is 0.278. The molecule has 0 aliphatic rings. The summed E-state index contributed by atoms with van der Waals surface area (Å²) >= 11 is 0. The van der Waals surface area contributed by atoms with Crippen molar-refractivity contribution in [1.29, 1.82) is 0 Å². The van der Waals surface area contributed by atoms with Crippen LogP contribution >= 0.6 is 0 Å². The summed E-state index contributed by atoms with van der Waals surface area (Å²) in [6, 6.07) is 17.3. The third kappa shape index (κ3) is 4.53. The molecule has 0 heterocycles. The van der Waals surface area contributed by atoms with E-state index in [2.05, 4.69) is 4.72 Å². The average molecular weight is 315 g/mol. The van der Waals surface area contributed by atoms with E-state index < -0.39 is 11.0 Å². The zero-order valence-corrected chi connectivity index (χ0v) is 13.7. The minimum Gasteiger partial charge on any atom is -0.274 e.